The maximum Gasteiger partial charge on any atom is 0.410 e. The Labute approximate surface area is 148 Å². The second-order valence-corrected chi connectivity index (χ2v) is 7.43. The van der Waals surface area contributed by atoms with Crippen LogP contribution < -0.4 is 0 Å². The topological polar surface area (TPSA) is 64.5 Å². The standard InChI is InChI=1S/C17H26ClN3O3/c1-17(2,3)24-16(22)21-9-4-5-13(11-21)7-10-23-12-14-6-8-19-15(18)20-14/h6,8,13H,4-5,7,9-12H2,1-3H3. The summed E-state index contributed by atoms with van der Waals surface area (Å²) >= 11 is 5.74. The third kappa shape index (κ3) is 6.61. The Morgan fingerprint density at radius 3 is 2.96 bits per heavy atom. The normalized spacial score (nSPS) is 18.5. The molecule has 1 aromatic rings. The number of likely N-dealkylation sites (tertiary alicyclic amines) is 1. The molecule has 0 radical (unpaired) electrons. The molecule has 1 unspecified atom stereocenters. The minimum atomic E-state index is -0.452. The maximum atomic E-state index is 12.2. The van der Waals surface area contributed by atoms with Crippen molar-refractivity contribution in [3.8, 4) is 0 Å². The second kappa shape index (κ2) is 8.62. The summed E-state index contributed by atoms with van der Waals surface area (Å²) < 4.78 is 11.1. The number of aromatic nitrogens is 2. The van der Waals surface area contributed by atoms with Crippen LogP contribution in [-0.4, -0.2) is 46.3 Å². The zero-order chi connectivity index (χ0) is 17.6. The summed E-state index contributed by atoms with van der Waals surface area (Å²) in [6.45, 7) is 8.22. The molecule has 1 aromatic heterocycles. The molecule has 1 fully saturated rings. The number of ether oxygens (including phenoxy) is 2. The van der Waals surface area contributed by atoms with Crippen LogP contribution in [-0.2, 0) is 16.1 Å². The van der Waals surface area contributed by atoms with Crippen LogP contribution in [0.25, 0.3) is 0 Å². The molecular weight excluding hydrogens is 330 g/mol. The van der Waals surface area contributed by atoms with Crippen molar-refractivity contribution in [1.82, 2.24) is 14.9 Å². The van der Waals surface area contributed by atoms with Crippen LogP contribution in [0.5, 0.6) is 0 Å². The first-order chi connectivity index (χ1) is 11.3. The molecule has 0 aromatic carbocycles. The van der Waals surface area contributed by atoms with Crippen LogP contribution in [0.2, 0.25) is 5.28 Å². The van der Waals surface area contributed by atoms with Crippen molar-refractivity contribution < 1.29 is 14.3 Å². The summed E-state index contributed by atoms with van der Waals surface area (Å²) in [6.07, 6.45) is 4.43. The monoisotopic (exact) mass is 355 g/mol. The Bertz CT molecular complexity index is 548. The predicted octanol–water partition coefficient (Wildman–Crippen LogP) is 3.68. The van der Waals surface area contributed by atoms with E-state index in [-0.39, 0.29) is 11.4 Å². The molecular formula is C17H26ClN3O3. The lowest BCUT2D eigenvalue weighted by molar-refractivity contribution is 0.0135. The Morgan fingerprint density at radius 2 is 2.25 bits per heavy atom. The van der Waals surface area contributed by atoms with Gasteiger partial charge in [0.2, 0.25) is 5.28 Å². The lowest BCUT2D eigenvalue weighted by Gasteiger charge is -2.34. The van der Waals surface area contributed by atoms with Crippen LogP contribution in [0.1, 0.15) is 45.7 Å². The van der Waals surface area contributed by atoms with Crippen LogP contribution in [0.15, 0.2) is 12.3 Å². The molecule has 7 heteroatoms. The first-order valence-corrected chi connectivity index (χ1v) is 8.74. The Kier molecular flexibility index (Phi) is 6.80. The lowest BCUT2D eigenvalue weighted by atomic mass is 9.95. The molecule has 24 heavy (non-hydrogen) atoms. The largest absolute Gasteiger partial charge is 0.444 e. The zero-order valence-electron chi connectivity index (χ0n) is 14.6. The summed E-state index contributed by atoms with van der Waals surface area (Å²) in [5, 5.41) is 0.233. The predicted molar refractivity (Wildman–Crippen MR) is 91.8 cm³/mol. The van der Waals surface area contributed by atoms with Gasteiger partial charge in [-0.2, -0.15) is 0 Å². The molecule has 1 saturated heterocycles. The molecule has 2 heterocycles. The van der Waals surface area contributed by atoms with Crippen LogP contribution in [0.3, 0.4) is 0 Å². The highest BCUT2D eigenvalue weighted by molar-refractivity contribution is 6.28. The number of halogens is 1. The van der Waals surface area contributed by atoms with E-state index in [1.165, 1.54) is 0 Å². The fraction of sp³-hybridized carbons (Fsp3) is 0.706. The molecule has 0 N–H and O–H groups in total. The van der Waals surface area contributed by atoms with Crippen molar-refractivity contribution >= 4 is 17.7 Å². The van der Waals surface area contributed by atoms with Gasteiger partial charge in [-0.05, 0) is 63.6 Å². The molecule has 1 amide bonds. The van der Waals surface area contributed by atoms with Crippen LogP contribution in [0, 0.1) is 5.92 Å². The minimum absolute atomic E-state index is 0.219. The smallest absolute Gasteiger partial charge is 0.410 e. The Balaban J connectivity index is 1.70. The summed E-state index contributed by atoms with van der Waals surface area (Å²) in [7, 11) is 0. The summed E-state index contributed by atoms with van der Waals surface area (Å²) in [5.41, 5.74) is 0.320. The van der Waals surface area contributed by atoms with Crippen molar-refractivity contribution in [2.75, 3.05) is 19.7 Å². The fourth-order valence-corrected chi connectivity index (χ4v) is 2.83. The molecule has 1 aliphatic heterocycles. The van der Waals surface area contributed by atoms with Gasteiger partial charge in [0.15, 0.2) is 0 Å². The third-order valence-corrected chi connectivity index (χ3v) is 3.96. The number of nitrogens with zero attached hydrogens (tertiary/aromatic N) is 3. The van der Waals surface area contributed by atoms with Gasteiger partial charge < -0.3 is 14.4 Å². The van der Waals surface area contributed by atoms with E-state index in [2.05, 4.69) is 9.97 Å². The van der Waals surface area contributed by atoms with E-state index in [0.717, 1.165) is 38.0 Å². The maximum absolute atomic E-state index is 12.2. The van der Waals surface area contributed by atoms with E-state index in [0.29, 0.717) is 19.1 Å². The minimum Gasteiger partial charge on any atom is -0.444 e. The van der Waals surface area contributed by atoms with E-state index >= 15 is 0 Å². The molecule has 0 aliphatic carbocycles. The van der Waals surface area contributed by atoms with Gasteiger partial charge in [-0.1, -0.05) is 0 Å². The number of carbonyl (C=O) groups excluding carboxylic acids is 1. The number of rotatable bonds is 5. The number of carbonyl (C=O) groups is 1. The highest BCUT2D eigenvalue weighted by Crippen LogP contribution is 2.21. The van der Waals surface area contributed by atoms with Crippen molar-refractivity contribution in [2.24, 2.45) is 5.92 Å². The van der Waals surface area contributed by atoms with E-state index in [1.807, 2.05) is 25.7 Å². The van der Waals surface area contributed by atoms with Crippen molar-refractivity contribution in [3.63, 3.8) is 0 Å². The number of hydrogen-bond donors (Lipinski definition) is 0. The molecule has 134 valence electrons. The van der Waals surface area contributed by atoms with Crippen molar-refractivity contribution in [1.29, 1.82) is 0 Å². The van der Waals surface area contributed by atoms with E-state index < -0.39 is 5.60 Å². The number of piperidine rings is 1. The lowest BCUT2D eigenvalue weighted by Crippen LogP contribution is -2.43. The van der Waals surface area contributed by atoms with E-state index in [4.69, 9.17) is 21.1 Å². The average Bonchev–Trinajstić information content (AvgIpc) is 2.50. The highest BCUT2D eigenvalue weighted by Gasteiger charge is 2.27. The van der Waals surface area contributed by atoms with Crippen LogP contribution in [0.4, 0.5) is 4.79 Å². The molecule has 6 nitrogen and oxygen atoms in total. The first-order valence-electron chi connectivity index (χ1n) is 8.36. The third-order valence-electron chi connectivity index (χ3n) is 3.77. The Morgan fingerprint density at radius 1 is 1.46 bits per heavy atom. The van der Waals surface area contributed by atoms with Crippen LogP contribution >= 0.6 is 11.6 Å². The first kappa shape index (κ1) is 18.9. The number of amides is 1. The van der Waals surface area contributed by atoms with Gasteiger partial charge in [0.05, 0.1) is 12.3 Å². The fourth-order valence-electron chi connectivity index (χ4n) is 2.67. The molecule has 1 atom stereocenters. The Hall–Kier alpha value is -1.40. The molecule has 2 rings (SSSR count). The summed E-state index contributed by atoms with van der Waals surface area (Å²) in [4.78, 5) is 21.9. The molecule has 1 aliphatic rings. The van der Waals surface area contributed by atoms with Gasteiger partial charge >= 0.3 is 6.09 Å². The van der Waals surface area contributed by atoms with Gasteiger partial charge in [-0.3, -0.25) is 0 Å². The molecule has 0 saturated carbocycles. The molecule has 0 spiro atoms. The van der Waals surface area contributed by atoms with E-state index in [1.54, 1.807) is 12.3 Å². The zero-order valence-corrected chi connectivity index (χ0v) is 15.4. The number of hydrogen-bond acceptors (Lipinski definition) is 5. The van der Waals surface area contributed by atoms with Gasteiger partial charge in [0.25, 0.3) is 0 Å². The van der Waals surface area contributed by atoms with Crippen molar-refractivity contribution in [3.05, 3.63) is 23.2 Å². The summed E-state index contributed by atoms with van der Waals surface area (Å²) in [5.74, 6) is 0.445. The van der Waals surface area contributed by atoms with Gasteiger partial charge in [-0.25, -0.2) is 14.8 Å². The average molecular weight is 356 g/mol. The second-order valence-electron chi connectivity index (χ2n) is 7.09. The quantitative estimate of drug-likeness (QED) is 0.595. The van der Waals surface area contributed by atoms with Gasteiger partial charge in [0, 0.05) is 25.9 Å². The van der Waals surface area contributed by atoms with Gasteiger partial charge in [-0.15, -0.1) is 0 Å². The van der Waals surface area contributed by atoms with E-state index in [9.17, 15) is 4.79 Å². The van der Waals surface area contributed by atoms with Crippen molar-refractivity contribution in [2.45, 2.75) is 52.2 Å². The highest BCUT2D eigenvalue weighted by atomic mass is 35.5. The molecule has 0 bridgehead atoms. The summed E-state index contributed by atoms with van der Waals surface area (Å²) in [6, 6.07) is 1.79. The SMILES string of the molecule is CC(C)(C)OC(=O)N1CCCC(CCOCc2ccnc(Cl)n2)C1. The van der Waals surface area contributed by atoms with Gasteiger partial charge in [0.1, 0.15) is 5.60 Å².